The fourth-order valence-corrected chi connectivity index (χ4v) is 3.84. The lowest BCUT2D eigenvalue weighted by atomic mass is 9.73. The summed E-state index contributed by atoms with van der Waals surface area (Å²) in [7, 11) is 0. The number of nitrogens with one attached hydrogen (secondary N) is 1. The zero-order valence-electron chi connectivity index (χ0n) is 14.7. The van der Waals surface area contributed by atoms with Crippen LogP contribution in [0.15, 0.2) is 59.1 Å². The molecule has 1 unspecified atom stereocenters. The minimum atomic E-state index is -0.430. The summed E-state index contributed by atoms with van der Waals surface area (Å²) < 4.78 is 0. The van der Waals surface area contributed by atoms with Gasteiger partial charge in [-0.05, 0) is 23.5 Å². The van der Waals surface area contributed by atoms with E-state index in [1.165, 1.54) is 0 Å². The smallest absolute Gasteiger partial charge is 0.163 e. The topological polar surface area (TPSA) is 67.2 Å². The van der Waals surface area contributed by atoms with Crippen LogP contribution in [0, 0.1) is 5.41 Å². The molecule has 0 saturated heterocycles. The highest BCUT2D eigenvalue weighted by molar-refractivity contribution is 6.31. The van der Waals surface area contributed by atoms with Crippen molar-refractivity contribution in [2.75, 3.05) is 0 Å². The van der Waals surface area contributed by atoms with Crippen LogP contribution < -0.4 is 5.32 Å². The van der Waals surface area contributed by atoms with Crippen molar-refractivity contribution in [1.29, 1.82) is 0 Å². The van der Waals surface area contributed by atoms with Gasteiger partial charge in [-0.15, -0.1) is 0 Å². The Morgan fingerprint density at radius 2 is 2.00 bits per heavy atom. The van der Waals surface area contributed by atoms with Gasteiger partial charge in [0.05, 0.1) is 6.20 Å². The summed E-state index contributed by atoms with van der Waals surface area (Å²) in [5.41, 5.74) is 3.00. The van der Waals surface area contributed by atoms with Gasteiger partial charge in [0.2, 0.25) is 0 Å². The molecule has 1 atom stereocenters. The quantitative estimate of drug-likeness (QED) is 0.876. The first-order valence-electron chi connectivity index (χ1n) is 8.56. The van der Waals surface area contributed by atoms with Gasteiger partial charge in [-0.3, -0.25) is 14.8 Å². The lowest BCUT2D eigenvalue weighted by Gasteiger charge is -2.37. The zero-order valence-corrected chi connectivity index (χ0v) is 15.4. The van der Waals surface area contributed by atoms with E-state index in [0.717, 1.165) is 17.7 Å². The van der Waals surface area contributed by atoms with Gasteiger partial charge < -0.3 is 5.32 Å². The maximum absolute atomic E-state index is 12.9. The first-order valence-corrected chi connectivity index (χ1v) is 8.94. The average Bonchev–Trinajstić information content (AvgIpc) is 2.61. The molecule has 0 spiro atoms. The maximum Gasteiger partial charge on any atom is 0.163 e. The highest BCUT2D eigenvalue weighted by Gasteiger charge is 2.40. The molecule has 4 rings (SSSR count). The Kier molecular flexibility index (Phi) is 4.11. The number of amidine groups is 1. The van der Waals surface area contributed by atoms with E-state index in [9.17, 15) is 4.79 Å². The van der Waals surface area contributed by atoms with E-state index in [1.807, 2.05) is 24.3 Å². The molecule has 0 fully saturated rings. The monoisotopic (exact) mass is 366 g/mol. The summed E-state index contributed by atoms with van der Waals surface area (Å²) in [4.78, 5) is 26.2. The molecule has 1 aromatic carbocycles. The summed E-state index contributed by atoms with van der Waals surface area (Å²) in [6.45, 7) is 4.21. The number of aromatic nitrogens is 2. The molecule has 0 amide bonds. The van der Waals surface area contributed by atoms with Crippen molar-refractivity contribution in [3.8, 4) is 0 Å². The number of rotatable bonds is 2. The van der Waals surface area contributed by atoms with Crippen LogP contribution in [0.5, 0.6) is 0 Å². The van der Waals surface area contributed by atoms with Crippen molar-refractivity contribution in [2.24, 2.45) is 10.4 Å². The molecule has 2 aliphatic rings. The van der Waals surface area contributed by atoms with E-state index in [2.05, 4.69) is 29.1 Å². The molecule has 0 bridgehead atoms. The summed E-state index contributed by atoms with van der Waals surface area (Å²) in [6, 6.07) is 7.11. The average molecular weight is 367 g/mol. The lowest BCUT2D eigenvalue weighted by Crippen LogP contribution is -2.39. The maximum atomic E-state index is 12.9. The van der Waals surface area contributed by atoms with E-state index < -0.39 is 6.04 Å². The van der Waals surface area contributed by atoms with Crippen LogP contribution in [0.1, 0.15) is 44.0 Å². The molecular weight excluding hydrogens is 348 g/mol. The summed E-state index contributed by atoms with van der Waals surface area (Å²) in [6.07, 6.45) is 6.19. The molecule has 1 aromatic heterocycles. The molecule has 1 aliphatic heterocycles. The van der Waals surface area contributed by atoms with E-state index in [4.69, 9.17) is 16.6 Å². The number of carbonyl (C=O) groups excluding carboxylic acids is 1. The fraction of sp³-hybridized carbons (Fsp3) is 0.300. The number of halogens is 1. The van der Waals surface area contributed by atoms with E-state index >= 15 is 0 Å². The second-order valence-corrected chi connectivity index (χ2v) is 7.86. The second-order valence-electron chi connectivity index (χ2n) is 7.45. The number of hydrogen-bond donors (Lipinski definition) is 1. The summed E-state index contributed by atoms with van der Waals surface area (Å²) in [5, 5.41) is 3.94. The van der Waals surface area contributed by atoms with Gasteiger partial charge in [-0.25, -0.2) is 4.98 Å². The SMILES string of the molecule is CC1(C)CC(=O)C2=C(C1)NC(c1cnccn1)=NC2c1ccccc1Cl. The Morgan fingerprint density at radius 1 is 1.19 bits per heavy atom. The third-order valence-electron chi connectivity index (χ3n) is 4.73. The van der Waals surface area contributed by atoms with Crippen molar-refractivity contribution in [3.05, 3.63) is 70.4 Å². The lowest BCUT2D eigenvalue weighted by molar-refractivity contribution is -0.118. The van der Waals surface area contributed by atoms with Crippen LogP contribution >= 0.6 is 11.6 Å². The largest absolute Gasteiger partial charge is 0.342 e. The Labute approximate surface area is 157 Å². The number of benzene rings is 1. The second kappa shape index (κ2) is 6.32. The molecule has 26 heavy (non-hydrogen) atoms. The minimum absolute atomic E-state index is 0.0984. The third kappa shape index (κ3) is 3.03. The van der Waals surface area contributed by atoms with Crippen LogP contribution in [0.3, 0.4) is 0 Å². The molecule has 1 aliphatic carbocycles. The van der Waals surface area contributed by atoms with Gasteiger partial charge in [-0.1, -0.05) is 43.6 Å². The van der Waals surface area contributed by atoms with Crippen LogP contribution in [0.2, 0.25) is 5.02 Å². The molecule has 5 nitrogen and oxygen atoms in total. The zero-order chi connectivity index (χ0) is 18.3. The molecule has 2 heterocycles. The van der Waals surface area contributed by atoms with Crippen LogP contribution in [0.25, 0.3) is 0 Å². The predicted molar refractivity (Wildman–Crippen MR) is 101 cm³/mol. The van der Waals surface area contributed by atoms with E-state index in [-0.39, 0.29) is 11.2 Å². The molecule has 132 valence electrons. The van der Waals surface area contributed by atoms with Gasteiger partial charge in [0.1, 0.15) is 11.7 Å². The Bertz CT molecular complexity index is 934. The van der Waals surface area contributed by atoms with Gasteiger partial charge in [0, 0.05) is 35.1 Å². The number of ketones is 1. The van der Waals surface area contributed by atoms with Gasteiger partial charge in [0.15, 0.2) is 11.6 Å². The molecule has 0 saturated carbocycles. The highest BCUT2D eigenvalue weighted by atomic mass is 35.5. The first-order chi connectivity index (χ1) is 12.4. The summed E-state index contributed by atoms with van der Waals surface area (Å²) >= 11 is 6.43. The van der Waals surface area contributed by atoms with E-state index in [1.54, 1.807) is 18.6 Å². The standard InChI is InChI=1S/C20H19ClN4O/c1-20(2)9-14-17(16(26)10-20)18(12-5-3-4-6-13(12)21)25-19(24-14)15-11-22-7-8-23-15/h3-8,11,18H,9-10H2,1-2H3,(H,24,25). The molecule has 0 radical (unpaired) electrons. The minimum Gasteiger partial charge on any atom is -0.342 e. The van der Waals surface area contributed by atoms with E-state index in [0.29, 0.717) is 28.5 Å². The van der Waals surface area contributed by atoms with Crippen molar-refractivity contribution in [2.45, 2.75) is 32.7 Å². The molecular formula is C20H19ClN4O. The Balaban J connectivity index is 1.87. The number of allylic oxidation sites excluding steroid dienone is 1. The highest BCUT2D eigenvalue weighted by Crippen LogP contribution is 2.44. The Morgan fingerprint density at radius 3 is 2.73 bits per heavy atom. The number of hydrogen-bond acceptors (Lipinski definition) is 5. The third-order valence-corrected chi connectivity index (χ3v) is 5.07. The van der Waals surface area contributed by atoms with Crippen LogP contribution in [-0.2, 0) is 4.79 Å². The molecule has 6 heteroatoms. The normalized spacial score (nSPS) is 21.7. The van der Waals surface area contributed by atoms with Crippen molar-refractivity contribution in [3.63, 3.8) is 0 Å². The fourth-order valence-electron chi connectivity index (χ4n) is 3.61. The number of Topliss-reactive ketones (excluding diaryl/α,β-unsaturated/α-hetero) is 1. The number of nitrogens with zero attached hydrogens (tertiary/aromatic N) is 3. The van der Waals surface area contributed by atoms with Gasteiger partial charge >= 0.3 is 0 Å². The van der Waals surface area contributed by atoms with Gasteiger partial charge in [0.25, 0.3) is 0 Å². The van der Waals surface area contributed by atoms with Gasteiger partial charge in [-0.2, -0.15) is 0 Å². The predicted octanol–water partition coefficient (Wildman–Crippen LogP) is 3.86. The Hall–Kier alpha value is -2.53. The number of carbonyl (C=O) groups is 1. The van der Waals surface area contributed by atoms with Crippen molar-refractivity contribution in [1.82, 2.24) is 15.3 Å². The number of aliphatic imine (C=N–C) groups is 1. The van der Waals surface area contributed by atoms with Crippen molar-refractivity contribution >= 4 is 23.2 Å². The van der Waals surface area contributed by atoms with Crippen LogP contribution in [0.4, 0.5) is 0 Å². The molecule has 2 aromatic rings. The summed E-state index contributed by atoms with van der Waals surface area (Å²) in [5.74, 6) is 0.739. The molecule has 1 N–H and O–H groups in total. The first kappa shape index (κ1) is 16.9. The van der Waals surface area contributed by atoms with Crippen LogP contribution in [-0.4, -0.2) is 21.6 Å². The van der Waals surface area contributed by atoms with Crippen molar-refractivity contribution < 1.29 is 4.79 Å².